The number of imide groups is 2. The number of rotatable bonds is 9. The number of nitrogens with one attached hydrogen (secondary N) is 1. The molecule has 3 N–H and O–H groups in total. The average molecular weight is 835 g/mol. The lowest BCUT2D eigenvalue weighted by Crippen LogP contribution is -2.58. The molecule has 1 spiro atoms. The van der Waals surface area contributed by atoms with Crippen molar-refractivity contribution in [3.63, 3.8) is 0 Å². The maximum absolute atomic E-state index is 13.3. The van der Waals surface area contributed by atoms with Gasteiger partial charge >= 0.3 is 0 Å². The third-order valence-corrected chi connectivity index (χ3v) is 14.5. The molecule has 0 radical (unpaired) electrons. The quantitative estimate of drug-likeness (QED) is 0.184. The summed E-state index contributed by atoms with van der Waals surface area (Å²) < 4.78 is 8.12. The molecule has 0 unspecified atom stereocenters. The van der Waals surface area contributed by atoms with E-state index in [2.05, 4.69) is 34.7 Å². The summed E-state index contributed by atoms with van der Waals surface area (Å²) in [4.78, 5) is 68.2. The highest BCUT2D eigenvalue weighted by molar-refractivity contribution is 6.23. The number of amides is 4. The van der Waals surface area contributed by atoms with Gasteiger partial charge in [0.1, 0.15) is 35.4 Å². The summed E-state index contributed by atoms with van der Waals surface area (Å²) >= 11 is 0. The molecule has 3 aromatic carbocycles. The maximum atomic E-state index is 13.3. The Morgan fingerprint density at radius 2 is 1.52 bits per heavy atom. The first-order valence-corrected chi connectivity index (χ1v) is 22.1. The van der Waals surface area contributed by atoms with Gasteiger partial charge in [0, 0.05) is 62.4 Å². The van der Waals surface area contributed by atoms with E-state index in [4.69, 9.17) is 15.6 Å². The largest absolute Gasteiger partial charge is 0.457 e. The zero-order chi connectivity index (χ0) is 42.1. The van der Waals surface area contributed by atoms with Gasteiger partial charge in [0.25, 0.3) is 11.8 Å². The number of benzene rings is 3. The van der Waals surface area contributed by atoms with Crippen LogP contribution in [0.1, 0.15) is 78.1 Å². The number of carbonyl (C=O) groups excluding carboxylic acids is 4. The van der Waals surface area contributed by atoms with Crippen LogP contribution in [0.5, 0.6) is 11.5 Å². The third-order valence-electron chi connectivity index (χ3n) is 14.5. The lowest BCUT2D eigenvalue weighted by atomic mass is 9.59. The van der Waals surface area contributed by atoms with Gasteiger partial charge in [-0.05, 0) is 118 Å². The average Bonchev–Trinajstić information content (AvgIpc) is 3.77. The van der Waals surface area contributed by atoms with Crippen molar-refractivity contribution in [2.24, 2.45) is 11.3 Å². The Kier molecular flexibility index (Phi) is 9.56. The van der Waals surface area contributed by atoms with E-state index in [9.17, 15) is 19.2 Å². The smallest absolute Gasteiger partial charge is 0.262 e. The fourth-order valence-electron chi connectivity index (χ4n) is 11.0. The molecule has 15 nitrogen and oxygen atoms in total. The molecule has 6 aliphatic rings. The number of piperidine rings is 3. The molecule has 4 saturated heterocycles. The molecule has 5 aliphatic heterocycles. The van der Waals surface area contributed by atoms with Crippen molar-refractivity contribution >= 4 is 46.2 Å². The van der Waals surface area contributed by atoms with Gasteiger partial charge in [-0.1, -0.05) is 18.2 Å². The predicted molar refractivity (Wildman–Crippen MR) is 231 cm³/mol. The normalized spacial score (nSPS) is 22.5. The standard InChI is InChI=1S/C47H50N10O5/c48-42-40-41(30-6-9-35(10-7-30)62-34-4-2-1-3-5-34)52-57(43(40)50-28-49-42)31-14-18-54(19-15-31)33-23-47(24-33)16-20-53(21-17-47)25-29-26-55(27-29)32-8-11-36-37(22-32)46(61)56(45(36)60)38-12-13-39(58)51-44(38)59/h1-11,22,28-29,31,33,38H,12-21,23-27H2,(H2,48,49,50)(H,51,58,59)/t38-/m0/s1. The second-order valence-electron chi connectivity index (χ2n) is 18.3. The van der Waals surface area contributed by atoms with E-state index in [0.29, 0.717) is 34.3 Å². The summed E-state index contributed by atoms with van der Waals surface area (Å²) in [6.45, 7) is 7.26. The van der Waals surface area contributed by atoms with Crippen LogP contribution in [0.4, 0.5) is 11.5 Å². The first-order chi connectivity index (χ1) is 30.2. The van der Waals surface area contributed by atoms with Crippen molar-refractivity contribution < 1.29 is 23.9 Å². The molecule has 1 atom stereocenters. The zero-order valence-corrected chi connectivity index (χ0v) is 34.6. The molecule has 15 heteroatoms. The van der Waals surface area contributed by atoms with Crippen molar-refractivity contribution in [2.75, 3.05) is 56.4 Å². The summed E-state index contributed by atoms with van der Waals surface area (Å²) in [5.74, 6) is 0.632. The second-order valence-corrected chi connectivity index (χ2v) is 18.3. The van der Waals surface area contributed by atoms with Crippen LogP contribution in [-0.2, 0) is 9.59 Å². The zero-order valence-electron chi connectivity index (χ0n) is 34.6. The van der Waals surface area contributed by atoms with Gasteiger partial charge in [0.15, 0.2) is 5.65 Å². The number of likely N-dealkylation sites (tertiary alicyclic amines) is 2. The van der Waals surface area contributed by atoms with Gasteiger partial charge in [-0.2, -0.15) is 5.10 Å². The van der Waals surface area contributed by atoms with Crippen molar-refractivity contribution in [1.29, 1.82) is 0 Å². The van der Waals surface area contributed by atoms with Crippen molar-refractivity contribution in [3.8, 4) is 22.8 Å². The molecule has 1 saturated carbocycles. The maximum Gasteiger partial charge on any atom is 0.262 e. The lowest BCUT2D eigenvalue weighted by molar-refractivity contribution is -0.136. The van der Waals surface area contributed by atoms with E-state index in [1.165, 1.54) is 32.0 Å². The van der Waals surface area contributed by atoms with E-state index < -0.39 is 23.8 Å². The van der Waals surface area contributed by atoms with Gasteiger partial charge in [-0.25, -0.2) is 14.6 Å². The minimum Gasteiger partial charge on any atom is -0.457 e. The van der Waals surface area contributed by atoms with Crippen LogP contribution >= 0.6 is 0 Å². The summed E-state index contributed by atoms with van der Waals surface area (Å²) in [5.41, 5.74) is 11.0. The Hall–Kier alpha value is -6.19. The number of fused-ring (bicyclic) bond motifs is 2. The highest BCUT2D eigenvalue weighted by Gasteiger charge is 2.49. The summed E-state index contributed by atoms with van der Waals surface area (Å²) in [5, 5.41) is 8.20. The number of aromatic nitrogens is 4. The fourth-order valence-corrected chi connectivity index (χ4v) is 11.0. The monoisotopic (exact) mass is 834 g/mol. The van der Waals surface area contributed by atoms with Crippen molar-refractivity contribution in [3.05, 3.63) is 90.3 Å². The number of anilines is 2. The molecule has 11 rings (SSSR count). The van der Waals surface area contributed by atoms with Gasteiger partial charge in [0.2, 0.25) is 11.8 Å². The molecule has 318 valence electrons. The highest BCUT2D eigenvalue weighted by Crippen LogP contribution is 2.52. The SMILES string of the molecule is Nc1ncnc2c1c(-c1ccc(Oc3ccccc3)cc1)nn2C1CCN(C2CC3(CCN(CC4CN(c5ccc6c(c5)C(=O)N([C@H]5CCC(=O)NC5=O)C6=O)C4)CC3)C2)CC1. The number of nitrogen functional groups attached to an aromatic ring is 1. The predicted octanol–water partition coefficient (Wildman–Crippen LogP) is 5.29. The minimum atomic E-state index is -0.955. The molecule has 2 aromatic heterocycles. The molecule has 62 heavy (non-hydrogen) atoms. The minimum absolute atomic E-state index is 0.106. The van der Waals surface area contributed by atoms with E-state index in [1.54, 1.807) is 12.1 Å². The number of carbonyl (C=O) groups is 4. The molecule has 1 aliphatic carbocycles. The van der Waals surface area contributed by atoms with Crippen LogP contribution in [0.3, 0.4) is 0 Å². The van der Waals surface area contributed by atoms with Crippen molar-refractivity contribution in [2.45, 2.75) is 69.5 Å². The van der Waals surface area contributed by atoms with E-state index in [0.717, 1.165) is 103 Å². The van der Waals surface area contributed by atoms with Gasteiger partial charge in [0.05, 0.1) is 22.6 Å². The molecule has 7 heterocycles. The Balaban J connectivity index is 0.649. The lowest BCUT2D eigenvalue weighted by Gasteiger charge is -2.56. The van der Waals surface area contributed by atoms with E-state index >= 15 is 0 Å². The number of nitrogens with zero attached hydrogens (tertiary/aromatic N) is 8. The molecular formula is C47H50N10O5. The van der Waals surface area contributed by atoms with E-state index in [-0.39, 0.29) is 24.8 Å². The Bertz CT molecular complexity index is 2570. The van der Waals surface area contributed by atoms with Crippen LogP contribution < -0.4 is 20.7 Å². The summed E-state index contributed by atoms with van der Waals surface area (Å²) in [6, 6.07) is 23.0. The first kappa shape index (κ1) is 38.7. The topological polar surface area (TPSA) is 172 Å². The van der Waals surface area contributed by atoms with Gasteiger partial charge in [-0.3, -0.25) is 29.4 Å². The number of nitrogens with two attached hydrogens (primary N) is 1. The summed E-state index contributed by atoms with van der Waals surface area (Å²) in [7, 11) is 0. The van der Waals surface area contributed by atoms with Gasteiger partial charge < -0.3 is 25.2 Å². The number of para-hydroxylation sites is 1. The first-order valence-electron chi connectivity index (χ1n) is 22.1. The van der Waals surface area contributed by atoms with E-state index in [1.807, 2.05) is 60.7 Å². The van der Waals surface area contributed by atoms with Crippen LogP contribution in [0.25, 0.3) is 22.3 Å². The summed E-state index contributed by atoms with van der Waals surface area (Å²) in [6.07, 6.45) is 8.90. The number of hydrogen-bond donors (Lipinski definition) is 2. The fraction of sp³-hybridized carbons (Fsp3) is 0.426. The van der Waals surface area contributed by atoms with Gasteiger partial charge in [-0.15, -0.1) is 0 Å². The number of hydrogen-bond acceptors (Lipinski definition) is 12. The van der Waals surface area contributed by atoms with Crippen LogP contribution in [0.15, 0.2) is 79.1 Å². The Morgan fingerprint density at radius 3 is 2.26 bits per heavy atom. The Morgan fingerprint density at radius 1 is 0.790 bits per heavy atom. The molecule has 4 amide bonds. The Labute approximate surface area is 359 Å². The van der Waals surface area contributed by atoms with Crippen LogP contribution in [0.2, 0.25) is 0 Å². The molecule has 5 aromatic rings. The third kappa shape index (κ3) is 6.87. The second kappa shape index (κ2) is 15.3. The number of ether oxygens (including phenoxy) is 1. The highest BCUT2D eigenvalue weighted by atomic mass is 16.5. The molecule has 5 fully saturated rings. The van der Waals surface area contributed by atoms with Crippen molar-refractivity contribution in [1.82, 2.24) is 39.8 Å². The molecular weight excluding hydrogens is 785 g/mol. The van der Waals surface area contributed by atoms with Crippen LogP contribution in [-0.4, -0.2) is 116 Å². The van der Waals surface area contributed by atoms with Crippen LogP contribution in [0, 0.1) is 11.3 Å². The molecule has 0 bridgehead atoms.